The van der Waals surface area contributed by atoms with Gasteiger partial charge in [-0.15, -0.1) is 5.10 Å². The number of benzene rings is 2. The minimum Gasteiger partial charge on any atom is -0.497 e. The zero-order valence-corrected chi connectivity index (χ0v) is 18.9. The van der Waals surface area contributed by atoms with Crippen molar-refractivity contribution < 1.29 is 4.74 Å². The Morgan fingerprint density at radius 1 is 1.03 bits per heavy atom. The average molecular weight is 482 g/mol. The van der Waals surface area contributed by atoms with Crippen LogP contribution in [0.5, 0.6) is 5.75 Å². The molecule has 0 fully saturated rings. The van der Waals surface area contributed by atoms with Crippen LogP contribution in [0.3, 0.4) is 0 Å². The number of aromatic nitrogens is 7. The quantitative estimate of drug-likeness (QED) is 0.344. The summed E-state index contributed by atoms with van der Waals surface area (Å²) in [5.41, 5.74) is 2.52. The zero-order valence-electron chi connectivity index (χ0n) is 17.4. The fraction of sp³-hybridized carbons (Fsp3) is 0.136. The number of ether oxygens (including phenoxy) is 1. The molecular formula is C22H17Cl2N7O2. The lowest BCUT2D eigenvalue weighted by Gasteiger charge is -2.06. The molecule has 2 aromatic carbocycles. The minimum atomic E-state index is -0.284. The number of pyridine rings is 1. The Labute approximate surface area is 197 Å². The van der Waals surface area contributed by atoms with Crippen LogP contribution in [0, 0.1) is 0 Å². The van der Waals surface area contributed by atoms with Gasteiger partial charge in [-0.3, -0.25) is 4.57 Å². The van der Waals surface area contributed by atoms with E-state index in [9.17, 15) is 4.79 Å². The SMILES string of the molecule is COc1ccc(-n2ncn(Cc3cn(Cc4cc5cc(Cl)ccc5nc4Cl)nn3)c2=O)cc1. The molecule has 166 valence electrons. The standard InChI is InChI=1S/C22H17Cl2N7O2/c1-33-19-5-3-18(4-6-19)31-22(32)29(13-25-31)11-17-12-30(28-27-17)10-15-8-14-9-16(23)2-7-20(14)26-21(15)24/h2-9,12-13H,10-11H2,1H3. The largest absolute Gasteiger partial charge is 0.497 e. The maximum Gasteiger partial charge on any atom is 0.350 e. The Kier molecular flexibility index (Phi) is 5.57. The summed E-state index contributed by atoms with van der Waals surface area (Å²) in [7, 11) is 1.59. The molecule has 3 heterocycles. The Balaban J connectivity index is 1.35. The predicted octanol–water partition coefficient (Wildman–Crippen LogP) is 3.59. The molecule has 5 aromatic rings. The molecule has 0 radical (unpaired) electrons. The van der Waals surface area contributed by atoms with Gasteiger partial charge in [-0.1, -0.05) is 28.4 Å². The van der Waals surface area contributed by atoms with E-state index in [1.807, 2.05) is 18.2 Å². The van der Waals surface area contributed by atoms with E-state index in [1.165, 1.54) is 15.6 Å². The van der Waals surface area contributed by atoms with E-state index < -0.39 is 0 Å². The molecule has 0 amide bonds. The molecule has 0 aliphatic carbocycles. The number of hydrogen-bond acceptors (Lipinski definition) is 6. The van der Waals surface area contributed by atoms with Crippen LogP contribution in [-0.4, -0.2) is 41.4 Å². The smallest absolute Gasteiger partial charge is 0.350 e. The van der Waals surface area contributed by atoms with Gasteiger partial charge < -0.3 is 4.74 Å². The van der Waals surface area contributed by atoms with Gasteiger partial charge in [0.25, 0.3) is 0 Å². The highest BCUT2D eigenvalue weighted by atomic mass is 35.5. The molecular weight excluding hydrogens is 465 g/mol. The molecule has 0 spiro atoms. The highest BCUT2D eigenvalue weighted by Crippen LogP contribution is 2.24. The normalized spacial score (nSPS) is 11.2. The van der Waals surface area contributed by atoms with Crippen molar-refractivity contribution in [3.05, 3.63) is 93.0 Å². The third-order valence-corrected chi connectivity index (χ3v) is 5.67. The Morgan fingerprint density at radius 3 is 2.64 bits per heavy atom. The first-order chi connectivity index (χ1) is 16.0. The molecule has 0 saturated carbocycles. The molecule has 11 heteroatoms. The summed E-state index contributed by atoms with van der Waals surface area (Å²) in [5.74, 6) is 0.702. The van der Waals surface area contributed by atoms with Gasteiger partial charge in [0.05, 0.1) is 37.6 Å². The molecule has 0 atom stereocenters. The van der Waals surface area contributed by atoms with Crippen LogP contribution in [0.25, 0.3) is 16.6 Å². The molecule has 0 bridgehead atoms. The van der Waals surface area contributed by atoms with Gasteiger partial charge in [0, 0.05) is 16.0 Å². The summed E-state index contributed by atoms with van der Waals surface area (Å²) in [5, 5.41) is 14.4. The van der Waals surface area contributed by atoms with Crippen molar-refractivity contribution in [3.8, 4) is 11.4 Å². The van der Waals surface area contributed by atoms with Crippen molar-refractivity contribution in [1.29, 1.82) is 0 Å². The van der Waals surface area contributed by atoms with Crippen LogP contribution in [0.4, 0.5) is 0 Å². The van der Waals surface area contributed by atoms with Gasteiger partial charge in [-0.25, -0.2) is 14.5 Å². The fourth-order valence-corrected chi connectivity index (χ4v) is 3.85. The van der Waals surface area contributed by atoms with E-state index in [2.05, 4.69) is 20.4 Å². The third-order valence-electron chi connectivity index (χ3n) is 5.10. The molecule has 0 aliphatic rings. The number of fused-ring (bicyclic) bond motifs is 1. The van der Waals surface area contributed by atoms with Crippen LogP contribution in [0.1, 0.15) is 11.3 Å². The third kappa shape index (κ3) is 4.33. The first-order valence-corrected chi connectivity index (χ1v) is 10.7. The maximum absolute atomic E-state index is 12.8. The van der Waals surface area contributed by atoms with Gasteiger partial charge in [0.1, 0.15) is 22.9 Å². The molecule has 0 unspecified atom stereocenters. The lowest BCUT2D eigenvalue weighted by molar-refractivity contribution is 0.414. The summed E-state index contributed by atoms with van der Waals surface area (Å²) >= 11 is 12.5. The van der Waals surface area contributed by atoms with Gasteiger partial charge in [0.2, 0.25) is 0 Å². The first-order valence-electron chi connectivity index (χ1n) is 9.93. The van der Waals surface area contributed by atoms with Crippen molar-refractivity contribution in [2.45, 2.75) is 13.1 Å². The average Bonchev–Trinajstić information content (AvgIpc) is 3.41. The molecule has 0 aliphatic heterocycles. The van der Waals surface area contributed by atoms with E-state index in [0.717, 1.165) is 16.5 Å². The molecule has 5 rings (SSSR count). The summed E-state index contributed by atoms with van der Waals surface area (Å²) in [6.45, 7) is 0.607. The highest BCUT2D eigenvalue weighted by molar-refractivity contribution is 6.32. The monoisotopic (exact) mass is 481 g/mol. The minimum absolute atomic E-state index is 0.230. The number of rotatable bonds is 6. The van der Waals surface area contributed by atoms with Crippen molar-refractivity contribution in [2.75, 3.05) is 7.11 Å². The second-order valence-corrected chi connectivity index (χ2v) is 8.13. The van der Waals surface area contributed by atoms with E-state index in [0.29, 0.717) is 33.9 Å². The molecule has 33 heavy (non-hydrogen) atoms. The Bertz CT molecular complexity index is 1510. The summed E-state index contributed by atoms with van der Waals surface area (Å²) < 4.78 is 9.57. The fourth-order valence-electron chi connectivity index (χ4n) is 3.46. The highest BCUT2D eigenvalue weighted by Gasteiger charge is 2.12. The van der Waals surface area contributed by atoms with E-state index >= 15 is 0 Å². The molecule has 9 nitrogen and oxygen atoms in total. The van der Waals surface area contributed by atoms with Gasteiger partial charge in [-0.05, 0) is 48.5 Å². The van der Waals surface area contributed by atoms with Gasteiger partial charge in [-0.2, -0.15) is 9.78 Å². The van der Waals surface area contributed by atoms with Crippen LogP contribution in [-0.2, 0) is 13.1 Å². The van der Waals surface area contributed by atoms with Crippen molar-refractivity contribution in [2.24, 2.45) is 0 Å². The van der Waals surface area contributed by atoms with Crippen LogP contribution in [0.15, 0.2) is 65.8 Å². The lowest BCUT2D eigenvalue weighted by atomic mass is 10.1. The predicted molar refractivity (Wildman–Crippen MR) is 124 cm³/mol. The van der Waals surface area contributed by atoms with Crippen LogP contribution < -0.4 is 10.4 Å². The van der Waals surface area contributed by atoms with Gasteiger partial charge in [0.15, 0.2) is 0 Å². The molecule has 3 aromatic heterocycles. The summed E-state index contributed by atoms with van der Waals surface area (Å²) in [6, 6.07) is 14.4. The number of nitrogens with zero attached hydrogens (tertiary/aromatic N) is 7. The van der Waals surface area contributed by atoms with Gasteiger partial charge >= 0.3 is 5.69 Å². The first kappa shape index (κ1) is 21.2. The van der Waals surface area contributed by atoms with Crippen LogP contribution >= 0.6 is 23.2 Å². The number of methoxy groups -OCH3 is 1. The number of halogens is 2. The summed E-state index contributed by atoms with van der Waals surface area (Å²) in [4.78, 5) is 17.2. The summed E-state index contributed by atoms with van der Waals surface area (Å²) in [6.07, 6.45) is 3.23. The van der Waals surface area contributed by atoms with Crippen molar-refractivity contribution in [1.82, 2.24) is 34.3 Å². The molecule has 0 saturated heterocycles. The number of hydrogen-bond donors (Lipinski definition) is 0. The lowest BCUT2D eigenvalue weighted by Crippen LogP contribution is -2.24. The van der Waals surface area contributed by atoms with Crippen LogP contribution in [0.2, 0.25) is 10.2 Å². The van der Waals surface area contributed by atoms with E-state index in [-0.39, 0.29) is 12.2 Å². The molecule has 0 N–H and O–H groups in total. The zero-order chi connectivity index (χ0) is 22.9. The Morgan fingerprint density at radius 2 is 1.85 bits per heavy atom. The maximum atomic E-state index is 12.8. The van der Waals surface area contributed by atoms with E-state index in [4.69, 9.17) is 27.9 Å². The van der Waals surface area contributed by atoms with Crippen molar-refractivity contribution >= 4 is 34.1 Å². The van der Waals surface area contributed by atoms with E-state index in [1.54, 1.807) is 48.3 Å². The Hall–Kier alpha value is -3.69. The topological polar surface area (TPSA) is 92.7 Å². The second-order valence-electron chi connectivity index (χ2n) is 7.33. The van der Waals surface area contributed by atoms with Crippen molar-refractivity contribution in [3.63, 3.8) is 0 Å². The second kappa shape index (κ2) is 8.68.